The average Bonchev–Trinajstić information content (AvgIpc) is 3.24. The van der Waals surface area contributed by atoms with Crippen molar-refractivity contribution in [3.05, 3.63) is 75.5 Å². The molecule has 0 radical (unpaired) electrons. The van der Waals surface area contributed by atoms with Gasteiger partial charge in [0.15, 0.2) is 0 Å². The van der Waals surface area contributed by atoms with Gasteiger partial charge in [0.25, 0.3) is 11.8 Å². The molecule has 1 N–H and O–H groups in total. The Morgan fingerprint density at radius 3 is 2.67 bits per heavy atom. The van der Waals surface area contributed by atoms with E-state index in [0.717, 1.165) is 16.3 Å². The molecule has 1 aliphatic rings. The fourth-order valence-corrected chi connectivity index (χ4v) is 4.01. The normalized spacial score (nSPS) is 12.7. The zero-order chi connectivity index (χ0) is 19.0. The number of anilines is 2. The largest absolute Gasteiger partial charge is 0.320 e. The highest BCUT2D eigenvalue weighted by Gasteiger charge is 2.29. The monoisotopic (exact) mass is 381 g/mol. The van der Waals surface area contributed by atoms with Crippen LogP contribution < -0.4 is 10.2 Å². The van der Waals surface area contributed by atoms with E-state index in [1.165, 1.54) is 35.6 Å². The summed E-state index contributed by atoms with van der Waals surface area (Å²) in [5.41, 5.74) is 2.67. The molecule has 0 atom stereocenters. The van der Waals surface area contributed by atoms with Gasteiger partial charge in [0.1, 0.15) is 5.82 Å². The van der Waals surface area contributed by atoms with Gasteiger partial charge in [-0.3, -0.25) is 14.6 Å². The molecule has 1 aromatic carbocycles. The van der Waals surface area contributed by atoms with E-state index in [2.05, 4.69) is 10.3 Å². The number of thiophene rings is 1. The highest BCUT2D eigenvalue weighted by Crippen LogP contribution is 2.37. The Morgan fingerprint density at radius 2 is 1.96 bits per heavy atom. The smallest absolute Gasteiger partial charge is 0.265 e. The van der Waals surface area contributed by atoms with E-state index in [4.69, 9.17) is 0 Å². The number of hydrogen-bond donors (Lipinski definition) is 1. The van der Waals surface area contributed by atoms with Crippen LogP contribution in [-0.4, -0.2) is 23.3 Å². The Balaban J connectivity index is 1.53. The number of aryl methyl sites for hydroxylation is 1. The molecule has 3 aromatic rings. The van der Waals surface area contributed by atoms with E-state index >= 15 is 0 Å². The minimum atomic E-state index is -0.381. The molecule has 4 rings (SSSR count). The molecule has 0 saturated heterocycles. The maximum absolute atomic E-state index is 13.1. The second-order valence-corrected chi connectivity index (χ2v) is 7.41. The number of halogens is 1. The van der Waals surface area contributed by atoms with Crippen molar-refractivity contribution in [2.24, 2.45) is 0 Å². The van der Waals surface area contributed by atoms with Crippen molar-refractivity contribution < 1.29 is 14.0 Å². The first kappa shape index (κ1) is 17.4. The summed E-state index contributed by atoms with van der Waals surface area (Å²) in [6, 6.07) is 10.9. The zero-order valence-corrected chi connectivity index (χ0v) is 15.3. The van der Waals surface area contributed by atoms with Crippen LogP contribution in [0.2, 0.25) is 0 Å². The maximum Gasteiger partial charge on any atom is 0.265 e. The third-order valence-electron chi connectivity index (χ3n) is 4.37. The van der Waals surface area contributed by atoms with Crippen molar-refractivity contribution in [1.29, 1.82) is 0 Å². The van der Waals surface area contributed by atoms with Gasteiger partial charge < -0.3 is 10.2 Å². The van der Waals surface area contributed by atoms with E-state index in [0.29, 0.717) is 29.1 Å². The van der Waals surface area contributed by atoms with Crippen LogP contribution in [0.25, 0.3) is 0 Å². The highest BCUT2D eigenvalue weighted by molar-refractivity contribution is 7.14. The molecule has 7 heteroatoms. The summed E-state index contributed by atoms with van der Waals surface area (Å²) in [5, 5.41) is 2.82. The van der Waals surface area contributed by atoms with E-state index in [1.54, 1.807) is 23.2 Å². The fraction of sp³-hybridized carbons (Fsp3) is 0.150. The first-order valence-electron chi connectivity index (χ1n) is 8.45. The molecular weight excluding hydrogens is 365 g/mol. The Kier molecular flexibility index (Phi) is 4.45. The molecule has 3 heterocycles. The van der Waals surface area contributed by atoms with Gasteiger partial charge in [-0.15, -0.1) is 11.3 Å². The van der Waals surface area contributed by atoms with E-state index in [-0.39, 0.29) is 17.6 Å². The molecule has 136 valence electrons. The van der Waals surface area contributed by atoms with Gasteiger partial charge in [-0.25, -0.2) is 4.39 Å². The number of hydrogen-bond acceptors (Lipinski definition) is 4. The van der Waals surface area contributed by atoms with Gasteiger partial charge in [0.2, 0.25) is 0 Å². The van der Waals surface area contributed by atoms with Gasteiger partial charge in [0, 0.05) is 29.1 Å². The van der Waals surface area contributed by atoms with Crippen molar-refractivity contribution in [2.75, 3.05) is 16.8 Å². The lowest BCUT2D eigenvalue weighted by Crippen LogP contribution is -2.28. The number of pyridine rings is 1. The first-order valence-corrected chi connectivity index (χ1v) is 9.27. The maximum atomic E-state index is 13.1. The molecule has 0 spiro atoms. The minimum absolute atomic E-state index is 0.193. The van der Waals surface area contributed by atoms with Gasteiger partial charge in [0.05, 0.1) is 22.4 Å². The van der Waals surface area contributed by atoms with Gasteiger partial charge in [-0.1, -0.05) is 0 Å². The number of nitrogens with one attached hydrogen (secondary N) is 1. The minimum Gasteiger partial charge on any atom is -0.320 e. The second-order valence-electron chi connectivity index (χ2n) is 6.28. The summed E-state index contributed by atoms with van der Waals surface area (Å²) in [7, 11) is 0. The summed E-state index contributed by atoms with van der Waals surface area (Å²) < 4.78 is 13.1. The van der Waals surface area contributed by atoms with Crippen molar-refractivity contribution in [2.45, 2.75) is 13.3 Å². The Bertz CT molecular complexity index is 1010. The van der Waals surface area contributed by atoms with Crippen molar-refractivity contribution in [3.8, 4) is 0 Å². The van der Waals surface area contributed by atoms with Crippen molar-refractivity contribution in [1.82, 2.24) is 4.98 Å². The Morgan fingerprint density at radius 1 is 1.19 bits per heavy atom. The van der Waals surface area contributed by atoms with Crippen LogP contribution in [0.1, 0.15) is 30.6 Å². The Labute approximate surface area is 159 Å². The van der Waals surface area contributed by atoms with Crippen LogP contribution in [0, 0.1) is 12.7 Å². The highest BCUT2D eigenvalue weighted by atomic mass is 32.1. The number of fused-ring (bicyclic) bond motifs is 1. The summed E-state index contributed by atoms with van der Waals surface area (Å²) in [6.07, 6.45) is 2.31. The quantitative estimate of drug-likeness (QED) is 0.745. The number of nitrogens with zero attached hydrogens (tertiary/aromatic N) is 2. The summed E-state index contributed by atoms with van der Waals surface area (Å²) in [4.78, 5) is 32.6. The number of carbonyl (C=O) groups excluding carboxylic acids is 2. The third-order valence-corrected chi connectivity index (χ3v) is 5.55. The molecule has 2 amide bonds. The SMILES string of the molecule is Cc1ccc(NC(=O)c2cc3c(s2)CCN3C(=O)c2ccc(F)cc2)cn1. The lowest BCUT2D eigenvalue weighted by Gasteiger charge is -2.16. The van der Waals surface area contributed by atoms with Crippen molar-refractivity contribution >= 4 is 34.5 Å². The lowest BCUT2D eigenvalue weighted by molar-refractivity contribution is 0.0986. The van der Waals surface area contributed by atoms with Crippen LogP contribution in [0.15, 0.2) is 48.7 Å². The van der Waals surface area contributed by atoms with Crippen LogP contribution in [-0.2, 0) is 6.42 Å². The lowest BCUT2D eigenvalue weighted by atomic mass is 10.2. The summed E-state index contributed by atoms with van der Waals surface area (Å²) in [6.45, 7) is 2.43. The van der Waals surface area contributed by atoms with Crippen LogP contribution in [0.3, 0.4) is 0 Å². The van der Waals surface area contributed by atoms with Crippen LogP contribution in [0.4, 0.5) is 15.8 Å². The second kappa shape index (κ2) is 6.92. The molecule has 0 unspecified atom stereocenters. The molecule has 27 heavy (non-hydrogen) atoms. The van der Waals surface area contributed by atoms with Gasteiger partial charge in [-0.05, 0) is 49.4 Å². The molecule has 0 aliphatic carbocycles. The first-order chi connectivity index (χ1) is 13.0. The Hall–Kier alpha value is -3.06. The number of aromatic nitrogens is 1. The van der Waals surface area contributed by atoms with Crippen molar-refractivity contribution in [3.63, 3.8) is 0 Å². The van der Waals surface area contributed by atoms with E-state index < -0.39 is 0 Å². The molecule has 0 saturated carbocycles. The van der Waals surface area contributed by atoms with Crippen LogP contribution in [0.5, 0.6) is 0 Å². The van der Waals surface area contributed by atoms with Crippen LogP contribution >= 0.6 is 11.3 Å². The summed E-state index contributed by atoms with van der Waals surface area (Å²) in [5.74, 6) is -0.802. The van der Waals surface area contributed by atoms with Gasteiger partial charge in [-0.2, -0.15) is 0 Å². The molecule has 0 fully saturated rings. The number of amides is 2. The predicted octanol–water partition coefficient (Wildman–Crippen LogP) is 4.05. The average molecular weight is 381 g/mol. The van der Waals surface area contributed by atoms with E-state index in [9.17, 15) is 14.0 Å². The van der Waals surface area contributed by atoms with E-state index in [1.807, 2.05) is 13.0 Å². The van der Waals surface area contributed by atoms with Gasteiger partial charge >= 0.3 is 0 Å². The fourth-order valence-electron chi connectivity index (χ4n) is 2.97. The zero-order valence-electron chi connectivity index (χ0n) is 14.5. The summed E-state index contributed by atoms with van der Waals surface area (Å²) >= 11 is 1.38. The molecule has 2 aromatic heterocycles. The molecule has 5 nitrogen and oxygen atoms in total. The molecular formula is C20H16FN3O2S. The molecule has 1 aliphatic heterocycles. The third kappa shape index (κ3) is 3.46. The molecule has 0 bridgehead atoms. The topological polar surface area (TPSA) is 62.3 Å². The number of benzene rings is 1. The standard InChI is InChI=1S/C20H16FN3O2S/c1-12-2-7-15(11-22-12)23-19(25)18-10-16-17(27-18)8-9-24(16)20(26)13-3-5-14(21)6-4-13/h2-7,10-11H,8-9H2,1H3,(H,23,25). The number of rotatable bonds is 3. The number of carbonyl (C=O) groups is 2. The predicted molar refractivity (Wildman–Crippen MR) is 103 cm³/mol.